The summed E-state index contributed by atoms with van der Waals surface area (Å²) in [4.78, 5) is 25.3. The molecule has 0 aliphatic carbocycles. The summed E-state index contributed by atoms with van der Waals surface area (Å²) in [5.41, 5.74) is 1.01. The van der Waals surface area contributed by atoms with Gasteiger partial charge in [-0.25, -0.2) is 13.6 Å². The van der Waals surface area contributed by atoms with Crippen molar-refractivity contribution >= 4 is 33.2 Å². The maximum absolute atomic E-state index is 12.3. The molecule has 0 bridgehead atoms. The van der Waals surface area contributed by atoms with Crippen LogP contribution in [-0.4, -0.2) is 47.0 Å². The van der Waals surface area contributed by atoms with Crippen LogP contribution in [0.3, 0.4) is 0 Å². The zero-order valence-electron chi connectivity index (χ0n) is 16.3. The first-order valence-electron chi connectivity index (χ1n) is 8.92. The molecule has 0 aliphatic heterocycles. The standard InChI is InChI=1S/C19H24N4O5S/c1-3-23(13-19(25)22-16-6-4-5-7-17(16)28-2)12-18(24)21-14-8-10-15(11-9-14)29(20,26)27/h4-11H,3,12-13H2,1-2H3,(H,21,24)(H,22,25)(H2,20,26,27)/p+1. The largest absolute Gasteiger partial charge is 0.495 e. The minimum Gasteiger partial charge on any atom is -0.495 e. The van der Waals surface area contributed by atoms with E-state index < -0.39 is 10.0 Å². The van der Waals surface area contributed by atoms with Gasteiger partial charge in [0.1, 0.15) is 5.75 Å². The summed E-state index contributed by atoms with van der Waals surface area (Å²) in [6.45, 7) is 2.62. The molecule has 0 saturated carbocycles. The van der Waals surface area contributed by atoms with Gasteiger partial charge in [-0.15, -0.1) is 0 Å². The second kappa shape index (κ2) is 10.0. The Morgan fingerprint density at radius 3 is 2.14 bits per heavy atom. The number of carbonyl (C=O) groups is 2. The molecule has 0 radical (unpaired) electrons. The van der Waals surface area contributed by atoms with Crippen LogP contribution >= 0.6 is 0 Å². The van der Waals surface area contributed by atoms with E-state index in [1.165, 1.54) is 31.4 Å². The van der Waals surface area contributed by atoms with Crippen LogP contribution in [0.2, 0.25) is 0 Å². The van der Waals surface area contributed by atoms with Crippen LogP contribution in [0.25, 0.3) is 0 Å². The quantitative estimate of drug-likeness (QED) is 0.446. The number of rotatable bonds is 9. The Kier molecular flexibility index (Phi) is 7.71. The van der Waals surface area contributed by atoms with Gasteiger partial charge in [-0.3, -0.25) is 9.59 Å². The smallest absolute Gasteiger partial charge is 0.279 e. The van der Waals surface area contributed by atoms with Gasteiger partial charge in [-0.2, -0.15) is 0 Å². The molecule has 0 heterocycles. The zero-order valence-corrected chi connectivity index (χ0v) is 17.1. The maximum atomic E-state index is 12.3. The highest BCUT2D eigenvalue weighted by Gasteiger charge is 2.18. The number of para-hydroxylation sites is 2. The lowest BCUT2D eigenvalue weighted by atomic mass is 10.3. The van der Waals surface area contributed by atoms with E-state index in [0.717, 1.165) is 4.90 Å². The Hall–Kier alpha value is -2.95. The minimum atomic E-state index is -3.79. The number of primary sulfonamides is 1. The van der Waals surface area contributed by atoms with E-state index in [9.17, 15) is 18.0 Å². The van der Waals surface area contributed by atoms with Crippen LogP contribution in [0.4, 0.5) is 11.4 Å². The predicted octanol–water partition coefficient (Wildman–Crippen LogP) is -0.175. The molecule has 0 fully saturated rings. The number of nitrogens with one attached hydrogen (secondary N) is 3. The zero-order chi connectivity index (χ0) is 21.4. The average Bonchev–Trinajstić information content (AvgIpc) is 2.67. The van der Waals surface area contributed by atoms with Crippen molar-refractivity contribution in [3.8, 4) is 5.75 Å². The number of sulfonamides is 1. The number of methoxy groups -OCH3 is 1. The first-order chi connectivity index (χ1) is 13.7. The van der Waals surface area contributed by atoms with E-state index in [-0.39, 0.29) is 29.8 Å². The number of benzene rings is 2. The van der Waals surface area contributed by atoms with Crippen molar-refractivity contribution in [2.75, 3.05) is 37.4 Å². The second-order valence-electron chi connectivity index (χ2n) is 6.32. The van der Waals surface area contributed by atoms with Crippen molar-refractivity contribution in [3.63, 3.8) is 0 Å². The van der Waals surface area contributed by atoms with Crippen LogP contribution in [0.1, 0.15) is 6.92 Å². The van der Waals surface area contributed by atoms with Crippen molar-refractivity contribution in [3.05, 3.63) is 48.5 Å². The number of quaternary nitrogens is 1. The third-order valence-electron chi connectivity index (χ3n) is 4.17. The molecule has 29 heavy (non-hydrogen) atoms. The summed E-state index contributed by atoms with van der Waals surface area (Å²) in [6, 6.07) is 12.6. The fourth-order valence-electron chi connectivity index (χ4n) is 2.64. The van der Waals surface area contributed by atoms with Crippen LogP contribution in [0.15, 0.2) is 53.4 Å². The molecule has 9 nitrogen and oxygen atoms in total. The molecule has 1 unspecified atom stereocenters. The van der Waals surface area contributed by atoms with E-state index in [4.69, 9.17) is 9.88 Å². The maximum Gasteiger partial charge on any atom is 0.279 e. The molecule has 5 N–H and O–H groups in total. The molecule has 0 spiro atoms. The Balaban J connectivity index is 1.91. The Bertz CT molecular complexity index is 961. The van der Waals surface area contributed by atoms with Gasteiger partial charge < -0.3 is 20.3 Å². The summed E-state index contributed by atoms with van der Waals surface area (Å²) < 4.78 is 27.7. The lowest BCUT2D eigenvalue weighted by Gasteiger charge is -2.17. The van der Waals surface area contributed by atoms with Crippen molar-refractivity contribution in [2.24, 2.45) is 5.14 Å². The molecule has 2 rings (SSSR count). The van der Waals surface area contributed by atoms with E-state index in [0.29, 0.717) is 23.7 Å². The molecular weight excluding hydrogens is 396 g/mol. The van der Waals surface area contributed by atoms with Crippen molar-refractivity contribution in [1.29, 1.82) is 0 Å². The van der Waals surface area contributed by atoms with Crippen LogP contribution < -0.4 is 25.4 Å². The van der Waals surface area contributed by atoms with Crippen molar-refractivity contribution < 1.29 is 27.6 Å². The number of carbonyl (C=O) groups excluding carboxylic acids is 2. The highest BCUT2D eigenvalue weighted by atomic mass is 32.2. The SMILES string of the molecule is CC[NH+](CC(=O)Nc1ccc(S(N)(=O)=O)cc1)CC(=O)Nc1ccccc1OC. The minimum absolute atomic E-state index is 0.0377. The summed E-state index contributed by atoms with van der Waals surface area (Å²) in [7, 11) is -2.26. The third-order valence-corrected chi connectivity index (χ3v) is 5.10. The number of likely N-dealkylation sites (N-methyl/N-ethyl adjacent to an activating group) is 1. The Labute approximate surface area is 169 Å². The average molecular weight is 421 g/mol. The van der Waals surface area contributed by atoms with Gasteiger partial charge in [0.05, 0.1) is 24.2 Å². The highest BCUT2D eigenvalue weighted by molar-refractivity contribution is 7.89. The van der Waals surface area contributed by atoms with Gasteiger partial charge in [0.15, 0.2) is 13.1 Å². The third kappa shape index (κ3) is 6.86. The van der Waals surface area contributed by atoms with E-state index in [1.54, 1.807) is 24.3 Å². The lowest BCUT2D eigenvalue weighted by Crippen LogP contribution is -3.13. The van der Waals surface area contributed by atoms with Crippen LogP contribution in [-0.2, 0) is 19.6 Å². The number of hydrogen-bond donors (Lipinski definition) is 4. The summed E-state index contributed by atoms with van der Waals surface area (Å²) in [6.07, 6.45) is 0. The second-order valence-corrected chi connectivity index (χ2v) is 7.88. The Morgan fingerprint density at radius 2 is 1.59 bits per heavy atom. The fourth-order valence-corrected chi connectivity index (χ4v) is 3.16. The number of nitrogens with two attached hydrogens (primary N) is 1. The van der Waals surface area contributed by atoms with Gasteiger partial charge in [-0.05, 0) is 43.3 Å². The van der Waals surface area contributed by atoms with Crippen LogP contribution in [0, 0.1) is 0 Å². The lowest BCUT2D eigenvalue weighted by molar-refractivity contribution is -0.881. The number of ether oxygens (including phenoxy) is 1. The molecule has 0 aromatic heterocycles. The monoisotopic (exact) mass is 421 g/mol. The molecule has 156 valence electrons. The molecule has 0 aliphatic rings. The summed E-state index contributed by atoms with van der Waals surface area (Å²) >= 11 is 0. The van der Waals surface area contributed by atoms with Gasteiger partial charge in [0.25, 0.3) is 11.8 Å². The summed E-state index contributed by atoms with van der Waals surface area (Å²) in [5.74, 6) is 0.0199. The van der Waals surface area contributed by atoms with Gasteiger partial charge in [-0.1, -0.05) is 12.1 Å². The molecule has 1 atom stereocenters. The first-order valence-corrected chi connectivity index (χ1v) is 10.5. The molecule has 0 saturated heterocycles. The topological polar surface area (TPSA) is 132 Å². The highest BCUT2D eigenvalue weighted by Crippen LogP contribution is 2.22. The molecule has 2 aromatic rings. The fraction of sp³-hybridized carbons (Fsp3) is 0.263. The molecule has 2 amide bonds. The summed E-state index contributed by atoms with van der Waals surface area (Å²) in [5, 5.41) is 10.5. The van der Waals surface area contributed by atoms with E-state index >= 15 is 0 Å². The van der Waals surface area contributed by atoms with Crippen LogP contribution in [0.5, 0.6) is 5.75 Å². The molecule has 2 aromatic carbocycles. The van der Waals surface area contributed by atoms with Crippen molar-refractivity contribution in [1.82, 2.24) is 0 Å². The Morgan fingerprint density at radius 1 is 1.00 bits per heavy atom. The number of anilines is 2. The molecule has 10 heteroatoms. The number of hydrogen-bond acceptors (Lipinski definition) is 5. The van der Waals surface area contributed by atoms with E-state index in [1.807, 2.05) is 6.92 Å². The number of amides is 2. The van der Waals surface area contributed by atoms with Crippen molar-refractivity contribution in [2.45, 2.75) is 11.8 Å². The predicted molar refractivity (Wildman–Crippen MR) is 109 cm³/mol. The first kappa shape index (κ1) is 22.3. The van der Waals surface area contributed by atoms with Gasteiger partial charge >= 0.3 is 0 Å². The normalized spacial score (nSPS) is 12.1. The van der Waals surface area contributed by atoms with Gasteiger partial charge in [0.2, 0.25) is 10.0 Å². The van der Waals surface area contributed by atoms with E-state index in [2.05, 4.69) is 10.6 Å². The van der Waals surface area contributed by atoms with Gasteiger partial charge in [0, 0.05) is 5.69 Å². The molecular formula is C19H25N4O5S+.